The van der Waals surface area contributed by atoms with Gasteiger partial charge in [0.05, 0.1) is 13.2 Å². The summed E-state index contributed by atoms with van der Waals surface area (Å²) < 4.78 is 19.2. The summed E-state index contributed by atoms with van der Waals surface area (Å²) in [5.41, 5.74) is 7.79. The normalized spacial score (nSPS) is 24.0. The van der Waals surface area contributed by atoms with E-state index in [1.807, 2.05) is 6.07 Å². The number of morpholine rings is 1. The lowest BCUT2D eigenvalue weighted by molar-refractivity contribution is 0.0313. The molecule has 0 bridgehead atoms. The number of fused-ring (bicyclic) bond motifs is 1. The molecule has 2 aliphatic heterocycles. The number of ether oxygens (including phenoxy) is 1. The van der Waals surface area contributed by atoms with E-state index in [1.165, 1.54) is 6.07 Å². The highest BCUT2D eigenvalue weighted by Crippen LogP contribution is 2.34. The van der Waals surface area contributed by atoms with Crippen LogP contribution < -0.4 is 5.73 Å². The molecule has 0 aliphatic carbocycles. The summed E-state index contributed by atoms with van der Waals surface area (Å²) in [6.07, 6.45) is 0. The summed E-state index contributed by atoms with van der Waals surface area (Å²) in [6.45, 7) is 6.74. The van der Waals surface area contributed by atoms with Gasteiger partial charge in [-0.3, -0.25) is 9.80 Å². The van der Waals surface area contributed by atoms with Crippen LogP contribution in [-0.2, 0) is 11.3 Å². The van der Waals surface area contributed by atoms with Gasteiger partial charge in [-0.15, -0.1) is 0 Å². The maximum absolute atomic E-state index is 13.9. The predicted molar refractivity (Wildman–Crippen MR) is 75.9 cm³/mol. The number of nitrogens with zero attached hydrogens (tertiary/aromatic N) is 2. The Hall–Kier alpha value is -1.01. The molecule has 0 spiro atoms. The Kier molecular flexibility index (Phi) is 4.31. The molecule has 0 aromatic heterocycles. The summed E-state index contributed by atoms with van der Waals surface area (Å²) in [7, 11) is 0. The molecule has 2 N–H and O–H groups in total. The summed E-state index contributed by atoms with van der Waals surface area (Å²) in [6, 6.07) is 5.48. The van der Waals surface area contributed by atoms with Crippen LogP contribution in [0.1, 0.15) is 17.2 Å². The van der Waals surface area contributed by atoms with Crippen molar-refractivity contribution in [1.82, 2.24) is 9.80 Å². The van der Waals surface area contributed by atoms with E-state index < -0.39 is 0 Å². The monoisotopic (exact) mass is 279 g/mol. The van der Waals surface area contributed by atoms with Crippen molar-refractivity contribution < 1.29 is 9.13 Å². The third-order valence-corrected chi connectivity index (χ3v) is 4.35. The number of hydrogen-bond acceptors (Lipinski definition) is 4. The van der Waals surface area contributed by atoms with E-state index in [9.17, 15) is 4.39 Å². The first-order chi connectivity index (χ1) is 9.79. The van der Waals surface area contributed by atoms with Crippen LogP contribution in [0.5, 0.6) is 0 Å². The van der Waals surface area contributed by atoms with E-state index >= 15 is 0 Å². The molecule has 0 saturated carbocycles. The zero-order chi connectivity index (χ0) is 13.9. The van der Waals surface area contributed by atoms with Gasteiger partial charge in [-0.05, 0) is 11.6 Å². The van der Waals surface area contributed by atoms with Crippen molar-refractivity contribution in [3.8, 4) is 0 Å². The minimum absolute atomic E-state index is 0.102. The first-order valence-electron chi connectivity index (χ1n) is 7.31. The molecular formula is C15H22FN3O. The molecule has 0 amide bonds. The van der Waals surface area contributed by atoms with E-state index in [2.05, 4.69) is 9.80 Å². The fourth-order valence-corrected chi connectivity index (χ4v) is 3.17. The molecule has 20 heavy (non-hydrogen) atoms. The molecule has 1 aromatic carbocycles. The molecular weight excluding hydrogens is 257 g/mol. The lowest BCUT2D eigenvalue weighted by Gasteiger charge is -2.30. The van der Waals surface area contributed by atoms with Gasteiger partial charge >= 0.3 is 0 Å². The number of nitrogens with two attached hydrogens (primary N) is 1. The Morgan fingerprint density at radius 2 is 2.05 bits per heavy atom. The van der Waals surface area contributed by atoms with Gasteiger partial charge in [0.1, 0.15) is 5.82 Å². The van der Waals surface area contributed by atoms with E-state index in [4.69, 9.17) is 10.5 Å². The van der Waals surface area contributed by atoms with Gasteiger partial charge in [0.2, 0.25) is 0 Å². The average molecular weight is 279 g/mol. The van der Waals surface area contributed by atoms with Crippen molar-refractivity contribution >= 4 is 0 Å². The molecule has 3 rings (SSSR count). The highest BCUT2D eigenvalue weighted by molar-refractivity contribution is 5.35. The van der Waals surface area contributed by atoms with Gasteiger partial charge < -0.3 is 10.5 Å². The lowest BCUT2D eigenvalue weighted by Crippen LogP contribution is -2.41. The van der Waals surface area contributed by atoms with Gasteiger partial charge in [-0.25, -0.2) is 4.39 Å². The first-order valence-corrected chi connectivity index (χ1v) is 7.31. The van der Waals surface area contributed by atoms with E-state index in [-0.39, 0.29) is 11.9 Å². The quantitative estimate of drug-likeness (QED) is 0.892. The van der Waals surface area contributed by atoms with Gasteiger partial charge in [0.15, 0.2) is 0 Å². The van der Waals surface area contributed by atoms with Gasteiger partial charge in [-0.1, -0.05) is 12.1 Å². The molecule has 110 valence electrons. The van der Waals surface area contributed by atoms with Crippen LogP contribution >= 0.6 is 0 Å². The predicted octanol–water partition coefficient (Wildman–Crippen LogP) is 0.973. The Bertz CT molecular complexity index is 462. The van der Waals surface area contributed by atoms with E-state index in [0.29, 0.717) is 13.1 Å². The fourth-order valence-electron chi connectivity index (χ4n) is 3.17. The summed E-state index contributed by atoms with van der Waals surface area (Å²) >= 11 is 0. The van der Waals surface area contributed by atoms with Gasteiger partial charge in [-0.2, -0.15) is 0 Å². The zero-order valence-corrected chi connectivity index (χ0v) is 11.7. The maximum Gasteiger partial charge on any atom is 0.128 e. The van der Waals surface area contributed by atoms with Crippen molar-refractivity contribution in [3.63, 3.8) is 0 Å². The minimum atomic E-state index is -0.102. The van der Waals surface area contributed by atoms with Crippen LogP contribution in [0.4, 0.5) is 4.39 Å². The molecule has 4 nitrogen and oxygen atoms in total. The second-order valence-corrected chi connectivity index (χ2v) is 5.48. The Labute approximate surface area is 119 Å². The number of hydrogen-bond donors (Lipinski definition) is 1. The zero-order valence-electron chi connectivity index (χ0n) is 11.7. The fraction of sp³-hybridized carbons (Fsp3) is 0.600. The van der Waals surface area contributed by atoms with E-state index in [1.54, 1.807) is 6.07 Å². The SMILES string of the molecule is NCC1c2cccc(F)c2CN1CCN1CCOCC1. The van der Waals surface area contributed by atoms with Crippen molar-refractivity contribution in [3.05, 3.63) is 35.1 Å². The van der Waals surface area contributed by atoms with Crippen LogP contribution in [0, 0.1) is 5.82 Å². The Morgan fingerprint density at radius 3 is 2.80 bits per heavy atom. The molecule has 1 unspecified atom stereocenters. The van der Waals surface area contributed by atoms with Gasteiger partial charge in [0.25, 0.3) is 0 Å². The molecule has 2 heterocycles. The largest absolute Gasteiger partial charge is 0.379 e. The second-order valence-electron chi connectivity index (χ2n) is 5.48. The third kappa shape index (κ3) is 2.72. The lowest BCUT2D eigenvalue weighted by atomic mass is 10.0. The molecule has 0 radical (unpaired) electrons. The third-order valence-electron chi connectivity index (χ3n) is 4.35. The van der Waals surface area contributed by atoms with Crippen LogP contribution in [0.3, 0.4) is 0 Å². The van der Waals surface area contributed by atoms with Crippen molar-refractivity contribution in [1.29, 1.82) is 0 Å². The Morgan fingerprint density at radius 1 is 1.25 bits per heavy atom. The molecule has 1 saturated heterocycles. The first kappa shape index (κ1) is 13.9. The van der Waals surface area contributed by atoms with Crippen LogP contribution in [0.25, 0.3) is 0 Å². The standard InChI is InChI=1S/C15H22FN3O/c16-14-3-1-2-12-13(14)11-19(15(12)10-17)5-4-18-6-8-20-9-7-18/h1-3,15H,4-11,17H2. The van der Waals surface area contributed by atoms with Crippen LogP contribution in [0.15, 0.2) is 18.2 Å². The summed E-state index contributed by atoms with van der Waals surface area (Å²) in [5.74, 6) is -0.102. The van der Waals surface area contributed by atoms with Crippen molar-refractivity contribution in [2.45, 2.75) is 12.6 Å². The topological polar surface area (TPSA) is 41.7 Å². The summed E-state index contributed by atoms with van der Waals surface area (Å²) in [5, 5.41) is 0. The van der Waals surface area contributed by atoms with Crippen molar-refractivity contribution in [2.24, 2.45) is 5.73 Å². The minimum Gasteiger partial charge on any atom is -0.379 e. The van der Waals surface area contributed by atoms with Crippen LogP contribution in [0.2, 0.25) is 0 Å². The molecule has 1 aromatic rings. The van der Waals surface area contributed by atoms with Gasteiger partial charge in [0, 0.05) is 50.9 Å². The summed E-state index contributed by atoms with van der Waals surface area (Å²) in [4.78, 5) is 4.69. The average Bonchev–Trinajstić information content (AvgIpc) is 2.85. The second kappa shape index (κ2) is 6.18. The maximum atomic E-state index is 13.9. The molecule has 2 aliphatic rings. The number of halogens is 1. The van der Waals surface area contributed by atoms with E-state index in [0.717, 1.165) is 50.5 Å². The molecule has 5 heteroatoms. The van der Waals surface area contributed by atoms with Crippen LogP contribution in [-0.4, -0.2) is 55.7 Å². The molecule has 1 atom stereocenters. The number of rotatable bonds is 4. The number of benzene rings is 1. The van der Waals surface area contributed by atoms with Crippen molar-refractivity contribution in [2.75, 3.05) is 45.9 Å². The highest BCUT2D eigenvalue weighted by atomic mass is 19.1. The Balaban J connectivity index is 1.64. The molecule has 1 fully saturated rings. The highest BCUT2D eigenvalue weighted by Gasteiger charge is 2.31. The smallest absolute Gasteiger partial charge is 0.128 e.